The fourth-order valence-electron chi connectivity index (χ4n) is 1.65. The van der Waals surface area contributed by atoms with Crippen molar-refractivity contribution in [3.05, 3.63) is 35.4 Å². The zero-order chi connectivity index (χ0) is 11.3. The van der Waals surface area contributed by atoms with Gasteiger partial charge < -0.3 is 5.32 Å². The van der Waals surface area contributed by atoms with E-state index in [4.69, 9.17) is 0 Å². The lowest BCUT2D eigenvalue weighted by Gasteiger charge is -2.14. The topological polar surface area (TPSA) is 12.0 Å². The molecule has 0 radical (unpaired) electrons. The minimum Gasteiger partial charge on any atom is -0.310 e. The van der Waals surface area contributed by atoms with Gasteiger partial charge in [-0.1, -0.05) is 45.0 Å². The van der Waals surface area contributed by atoms with Crippen LogP contribution in [0.4, 0.5) is 0 Å². The largest absolute Gasteiger partial charge is 0.310 e. The Labute approximate surface area is 93.9 Å². The summed E-state index contributed by atoms with van der Waals surface area (Å²) in [7, 11) is 0. The number of hydrogen-bond acceptors (Lipinski definition) is 1. The van der Waals surface area contributed by atoms with E-state index in [1.165, 1.54) is 17.5 Å². The maximum absolute atomic E-state index is 3.50. The molecule has 1 aromatic rings. The molecule has 1 unspecified atom stereocenters. The monoisotopic (exact) mass is 205 g/mol. The van der Waals surface area contributed by atoms with Crippen molar-refractivity contribution in [2.75, 3.05) is 6.54 Å². The van der Waals surface area contributed by atoms with Gasteiger partial charge in [0.25, 0.3) is 0 Å². The molecule has 0 spiro atoms. The summed E-state index contributed by atoms with van der Waals surface area (Å²) in [5, 5.41) is 3.50. The Morgan fingerprint density at radius 2 is 1.53 bits per heavy atom. The first-order valence-electron chi connectivity index (χ1n) is 5.98. The predicted molar refractivity (Wildman–Crippen MR) is 67.2 cm³/mol. The molecule has 1 rings (SSSR count). The van der Waals surface area contributed by atoms with E-state index in [0.717, 1.165) is 6.54 Å². The minimum absolute atomic E-state index is 0.464. The standard InChI is InChI=1S/C14H23N/c1-5-10-15-12(4)14-8-6-13(7-9-14)11(2)3/h6-9,11-12,15H,5,10H2,1-4H3. The van der Waals surface area contributed by atoms with E-state index in [-0.39, 0.29) is 0 Å². The minimum atomic E-state index is 0.464. The highest BCUT2D eigenvalue weighted by Gasteiger charge is 2.04. The van der Waals surface area contributed by atoms with Crippen LogP contribution < -0.4 is 5.32 Å². The average molecular weight is 205 g/mol. The van der Waals surface area contributed by atoms with Crippen molar-refractivity contribution in [3.63, 3.8) is 0 Å². The zero-order valence-corrected chi connectivity index (χ0v) is 10.4. The van der Waals surface area contributed by atoms with E-state index in [9.17, 15) is 0 Å². The molecule has 0 aliphatic heterocycles. The second-order valence-electron chi connectivity index (χ2n) is 4.50. The normalized spacial score (nSPS) is 13.1. The Bertz CT molecular complexity index is 274. The van der Waals surface area contributed by atoms with Gasteiger partial charge in [-0.05, 0) is 36.9 Å². The summed E-state index contributed by atoms with van der Waals surface area (Å²) in [5.41, 5.74) is 2.80. The molecule has 0 saturated heterocycles. The van der Waals surface area contributed by atoms with Crippen molar-refractivity contribution in [1.82, 2.24) is 5.32 Å². The average Bonchev–Trinajstić information content (AvgIpc) is 2.26. The Morgan fingerprint density at radius 1 is 1.00 bits per heavy atom. The van der Waals surface area contributed by atoms with E-state index in [1.54, 1.807) is 0 Å². The number of hydrogen-bond donors (Lipinski definition) is 1. The first kappa shape index (κ1) is 12.3. The third kappa shape index (κ3) is 3.67. The van der Waals surface area contributed by atoms with Gasteiger partial charge >= 0.3 is 0 Å². The smallest absolute Gasteiger partial charge is 0.0291 e. The van der Waals surface area contributed by atoms with Crippen LogP contribution in [0, 0.1) is 0 Å². The van der Waals surface area contributed by atoms with Gasteiger partial charge in [0, 0.05) is 6.04 Å². The molecular formula is C14H23N. The van der Waals surface area contributed by atoms with Gasteiger partial charge in [0.2, 0.25) is 0 Å². The summed E-state index contributed by atoms with van der Waals surface area (Å²) in [6.45, 7) is 9.97. The van der Waals surface area contributed by atoms with Crippen LogP contribution in [0.5, 0.6) is 0 Å². The maximum atomic E-state index is 3.50. The van der Waals surface area contributed by atoms with Crippen molar-refractivity contribution in [2.24, 2.45) is 0 Å². The summed E-state index contributed by atoms with van der Waals surface area (Å²) in [6.07, 6.45) is 1.19. The summed E-state index contributed by atoms with van der Waals surface area (Å²) in [5.74, 6) is 0.623. The molecule has 1 N–H and O–H groups in total. The maximum Gasteiger partial charge on any atom is 0.0291 e. The molecular weight excluding hydrogens is 182 g/mol. The van der Waals surface area contributed by atoms with E-state index >= 15 is 0 Å². The predicted octanol–water partition coefficient (Wildman–Crippen LogP) is 3.87. The second-order valence-corrected chi connectivity index (χ2v) is 4.50. The van der Waals surface area contributed by atoms with Crippen LogP contribution >= 0.6 is 0 Å². The van der Waals surface area contributed by atoms with Crippen LogP contribution in [-0.4, -0.2) is 6.54 Å². The Morgan fingerprint density at radius 3 is 2.00 bits per heavy atom. The molecule has 0 aliphatic rings. The van der Waals surface area contributed by atoms with E-state index in [0.29, 0.717) is 12.0 Å². The van der Waals surface area contributed by atoms with Gasteiger partial charge in [-0.2, -0.15) is 0 Å². The van der Waals surface area contributed by atoms with Crippen LogP contribution in [0.3, 0.4) is 0 Å². The first-order valence-corrected chi connectivity index (χ1v) is 5.98. The lowest BCUT2D eigenvalue weighted by molar-refractivity contribution is 0.570. The first-order chi connectivity index (χ1) is 7.15. The molecule has 1 heteroatoms. The lowest BCUT2D eigenvalue weighted by atomic mass is 9.99. The lowest BCUT2D eigenvalue weighted by Crippen LogP contribution is -2.19. The van der Waals surface area contributed by atoms with Crippen LogP contribution in [0.25, 0.3) is 0 Å². The molecule has 15 heavy (non-hydrogen) atoms. The SMILES string of the molecule is CCCNC(C)c1ccc(C(C)C)cc1. The van der Waals surface area contributed by atoms with Gasteiger partial charge in [-0.3, -0.25) is 0 Å². The van der Waals surface area contributed by atoms with Crippen molar-refractivity contribution < 1.29 is 0 Å². The Hall–Kier alpha value is -0.820. The van der Waals surface area contributed by atoms with Crippen molar-refractivity contribution in [1.29, 1.82) is 0 Å². The van der Waals surface area contributed by atoms with Gasteiger partial charge in [0.15, 0.2) is 0 Å². The highest BCUT2D eigenvalue weighted by Crippen LogP contribution is 2.18. The van der Waals surface area contributed by atoms with Crippen molar-refractivity contribution in [3.8, 4) is 0 Å². The molecule has 1 atom stereocenters. The van der Waals surface area contributed by atoms with Crippen LogP contribution in [0.1, 0.15) is 57.2 Å². The molecule has 1 aromatic carbocycles. The molecule has 0 fully saturated rings. The van der Waals surface area contributed by atoms with E-state index in [2.05, 4.69) is 57.3 Å². The fraction of sp³-hybridized carbons (Fsp3) is 0.571. The van der Waals surface area contributed by atoms with Gasteiger partial charge in [0.1, 0.15) is 0 Å². The van der Waals surface area contributed by atoms with E-state index in [1.807, 2.05) is 0 Å². The number of rotatable bonds is 5. The van der Waals surface area contributed by atoms with Crippen molar-refractivity contribution in [2.45, 2.75) is 46.1 Å². The Balaban J connectivity index is 2.62. The third-order valence-electron chi connectivity index (χ3n) is 2.80. The van der Waals surface area contributed by atoms with Crippen LogP contribution in [-0.2, 0) is 0 Å². The molecule has 84 valence electrons. The molecule has 0 amide bonds. The van der Waals surface area contributed by atoms with Gasteiger partial charge in [0.05, 0.1) is 0 Å². The highest BCUT2D eigenvalue weighted by molar-refractivity contribution is 5.26. The summed E-state index contributed by atoms with van der Waals surface area (Å²) < 4.78 is 0. The molecule has 0 heterocycles. The summed E-state index contributed by atoms with van der Waals surface area (Å²) in [4.78, 5) is 0. The van der Waals surface area contributed by atoms with Crippen LogP contribution in [0.2, 0.25) is 0 Å². The van der Waals surface area contributed by atoms with Crippen molar-refractivity contribution >= 4 is 0 Å². The molecule has 0 bridgehead atoms. The number of nitrogens with one attached hydrogen (secondary N) is 1. The fourth-order valence-corrected chi connectivity index (χ4v) is 1.65. The molecule has 0 aliphatic carbocycles. The molecule has 0 aromatic heterocycles. The highest BCUT2D eigenvalue weighted by atomic mass is 14.9. The molecule has 0 saturated carbocycles. The second kappa shape index (κ2) is 5.92. The van der Waals surface area contributed by atoms with E-state index < -0.39 is 0 Å². The summed E-state index contributed by atoms with van der Waals surface area (Å²) >= 11 is 0. The zero-order valence-electron chi connectivity index (χ0n) is 10.4. The number of benzene rings is 1. The molecule has 1 nitrogen and oxygen atoms in total. The summed E-state index contributed by atoms with van der Waals surface area (Å²) in [6, 6.07) is 9.42. The Kier molecular flexibility index (Phi) is 4.83. The van der Waals surface area contributed by atoms with Gasteiger partial charge in [-0.15, -0.1) is 0 Å². The van der Waals surface area contributed by atoms with Gasteiger partial charge in [-0.25, -0.2) is 0 Å². The third-order valence-corrected chi connectivity index (χ3v) is 2.80. The quantitative estimate of drug-likeness (QED) is 0.769. The van der Waals surface area contributed by atoms with Crippen LogP contribution in [0.15, 0.2) is 24.3 Å².